The Kier molecular flexibility index (Phi) is 4.11. The molecule has 0 spiro atoms. The summed E-state index contributed by atoms with van der Waals surface area (Å²) >= 11 is 1.43. The zero-order chi connectivity index (χ0) is 12.1. The number of rotatable bonds is 5. The van der Waals surface area contributed by atoms with Crippen LogP contribution in [0.3, 0.4) is 0 Å². The van der Waals surface area contributed by atoms with Gasteiger partial charge in [-0.15, -0.1) is 5.10 Å². The van der Waals surface area contributed by atoms with Crippen molar-refractivity contribution in [1.82, 2.24) is 24.9 Å². The number of nitrogens with one attached hydrogen (secondary N) is 1. The van der Waals surface area contributed by atoms with E-state index in [2.05, 4.69) is 31.8 Å². The highest BCUT2D eigenvalue weighted by atomic mass is 32.1. The van der Waals surface area contributed by atoms with E-state index < -0.39 is 0 Å². The highest BCUT2D eigenvalue weighted by molar-refractivity contribution is 7.05. The van der Waals surface area contributed by atoms with Crippen LogP contribution in [0.15, 0.2) is 18.6 Å². The van der Waals surface area contributed by atoms with Gasteiger partial charge in [0.05, 0.1) is 28.5 Å². The molecule has 1 unspecified atom stereocenters. The number of aromatic nitrogens is 4. The predicted octanol–water partition coefficient (Wildman–Crippen LogP) is 1.59. The molecule has 1 N–H and O–H groups in total. The molecule has 0 radical (unpaired) electrons. The van der Waals surface area contributed by atoms with Crippen molar-refractivity contribution in [2.24, 2.45) is 0 Å². The monoisotopic (exact) mass is 249 g/mol. The second kappa shape index (κ2) is 5.79. The Labute approximate surface area is 104 Å². The van der Waals surface area contributed by atoms with Crippen molar-refractivity contribution < 1.29 is 0 Å². The van der Waals surface area contributed by atoms with Crippen molar-refractivity contribution in [3.05, 3.63) is 34.9 Å². The fourth-order valence-corrected chi connectivity index (χ4v) is 2.54. The third kappa shape index (κ3) is 2.65. The van der Waals surface area contributed by atoms with Gasteiger partial charge >= 0.3 is 0 Å². The predicted molar refractivity (Wildman–Crippen MR) is 66.8 cm³/mol. The molecule has 5 nitrogen and oxygen atoms in total. The topological polar surface area (TPSA) is 63.6 Å². The van der Waals surface area contributed by atoms with Crippen LogP contribution in [0.25, 0.3) is 0 Å². The van der Waals surface area contributed by atoms with E-state index in [0.717, 1.165) is 29.1 Å². The van der Waals surface area contributed by atoms with Crippen molar-refractivity contribution in [1.29, 1.82) is 0 Å². The standard InChI is InChI=1S/C11H15N5S/c1-3-4-8-11(17-16-15-8)10(12-2)9-7-13-5-6-14-9/h5-7,10,12H,3-4H2,1-2H3. The average Bonchev–Trinajstić information content (AvgIpc) is 2.81. The molecular formula is C11H15N5S. The fraction of sp³-hybridized carbons (Fsp3) is 0.455. The molecule has 0 aromatic carbocycles. The summed E-state index contributed by atoms with van der Waals surface area (Å²) in [5.41, 5.74) is 1.96. The molecule has 0 bridgehead atoms. The molecule has 0 aliphatic carbocycles. The third-order valence-corrected chi connectivity index (χ3v) is 3.33. The van der Waals surface area contributed by atoms with Gasteiger partial charge in [-0.05, 0) is 25.0 Å². The first-order valence-corrected chi connectivity index (χ1v) is 6.38. The van der Waals surface area contributed by atoms with Crippen molar-refractivity contribution in [2.75, 3.05) is 7.05 Å². The first kappa shape index (κ1) is 12.1. The van der Waals surface area contributed by atoms with Crippen LogP contribution in [0.2, 0.25) is 0 Å². The lowest BCUT2D eigenvalue weighted by atomic mass is 10.1. The number of hydrogen-bond acceptors (Lipinski definition) is 6. The van der Waals surface area contributed by atoms with Gasteiger partial charge in [0.1, 0.15) is 0 Å². The van der Waals surface area contributed by atoms with E-state index in [1.165, 1.54) is 11.5 Å². The summed E-state index contributed by atoms with van der Waals surface area (Å²) in [4.78, 5) is 9.57. The average molecular weight is 249 g/mol. The lowest BCUT2D eigenvalue weighted by molar-refractivity contribution is 0.665. The van der Waals surface area contributed by atoms with E-state index in [1.54, 1.807) is 18.6 Å². The zero-order valence-electron chi connectivity index (χ0n) is 9.92. The van der Waals surface area contributed by atoms with Crippen LogP contribution in [-0.2, 0) is 6.42 Å². The van der Waals surface area contributed by atoms with Crippen LogP contribution in [0.4, 0.5) is 0 Å². The number of nitrogens with zero attached hydrogens (tertiary/aromatic N) is 4. The molecule has 2 aromatic rings. The molecule has 0 aliphatic heterocycles. The molecule has 1 atom stereocenters. The van der Waals surface area contributed by atoms with Crippen LogP contribution in [0.5, 0.6) is 0 Å². The van der Waals surface area contributed by atoms with E-state index in [9.17, 15) is 0 Å². The minimum Gasteiger partial charge on any atom is -0.307 e. The van der Waals surface area contributed by atoms with Gasteiger partial charge in [-0.25, -0.2) is 0 Å². The highest BCUT2D eigenvalue weighted by Crippen LogP contribution is 2.25. The minimum atomic E-state index is 0.0326. The molecule has 2 heterocycles. The van der Waals surface area contributed by atoms with Crippen LogP contribution in [0, 0.1) is 0 Å². The Hall–Kier alpha value is -1.40. The molecule has 0 saturated heterocycles. The first-order valence-electron chi connectivity index (χ1n) is 5.61. The maximum Gasteiger partial charge on any atom is 0.0893 e. The van der Waals surface area contributed by atoms with Gasteiger partial charge in [-0.1, -0.05) is 17.8 Å². The summed E-state index contributed by atoms with van der Waals surface area (Å²) in [6.45, 7) is 2.14. The van der Waals surface area contributed by atoms with Gasteiger partial charge in [0.2, 0.25) is 0 Å². The Morgan fingerprint density at radius 1 is 1.41 bits per heavy atom. The number of aryl methyl sites for hydroxylation is 1. The Morgan fingerprint density at radius 3 is 2.94 bits per heavy atom. The van der Waals surface area contributed by atoms with Gasteiger partial charge in [0.15, 0.2) is 0 Å². The Bertz CT molecular complexity index is 456. The molecule has 2 aromatic heterocycles. The summed E-state index contributed by atoms with van der Waals surface area (Å²) in [6, 6.07) is 0.0326. The van der Waals surface area contributed by atoms with E-state index in [1.807, 2.05) is 7.05 Å². The molecule has 0 fully saturated rings. The summed E-state index contributed by atoms with van der Waals surface area (Å²) < 4.78 is 4.04. The van der Waals surface area contributed by atoms with Gasteiger partial charge in [0, 0.05) is 12.4 Å². The van der Waals surface area contributed by atoms with E-state index in [0.29, 0.717) is 0 Å². The summed E-state index contributed by atoms with van der Waals surface area (Å²) in [6.07, 6.45) is 7.16. The lowest BCUT2D eigenvalue weighted by Crippen LogP contribution is -2.19. The number of hydrogen-bond donors (Lipinski definition) is 1. The molecule has 6 heteroatoms. The minimum absolute atomic E-state index is 0.0326. The van der Waals surface area contributed by atoms with Gasteiger partial charge in [-0.2, -0.15) is 0 Å². The van der Waals surface area contributed by atoms with Gasteiger partial charge in [-0.3, -0.25) is 9.97 Å². The summed E-state index contributed by atoms with van der Waals surface area (Å²) in [7, 11) is 1.91. The Morgan fingerprint density at radius 2 is 2.29 bits per heavy atom. The van der Waals surface area contributed by atoms with Crippen molar-refractivity contribution in [3.8, 4) is 0 Å². The van der Waals surface area contributed by atoms with Gasteiger partial charge < -0.3 is 5.32 Å². The first-order chi connectivity index (χ1) is 8.36. The summed E-state index contributed by atoms with van der Waals surface area (Å²) in [5, 5.41) is 7.43. The quantitative estimate of drug-likeness (QED) is 0.871. The van der Waals surface area contributed by atoms with E-state index >= 15 is 0 Å². The molecule has 17 heavy (non-hydrogen) atoms. The lowest BCUT2D eigenvalue weighted by Gasteiger charge is -2.13. The molecule has 90 valence electrons. The largest absolute Gasteiger partial charge is 0.307 e. The molecule has 0 amide bonds. The Balaban J connectivity index is 2.32. The summed E-state index contributed by atoms with van der Waals surface area (Å²) in [5.74, 6) is 0. The van der Waals surface area contributed by atoms with Crippen LogP contribution >= 0.6 is 11.5 Å². The third-order valence-electron chi connectivity index (χ3n) is 2.50. The van der Waals surface area contributed by atoms with Crippen molar-refractivity contribution in [2.45, 2.75) is 25.8 Å². The second-order valence-electron chi connectivity index (χ2n) is 3.69. The van der Waals surface area contributed by atoms with Gasteiger partial charge in [0.25, 0.3) is 0 Å². The molecule has 0 aliphatic rings. The van der Waals surface area contributed by atoms with E-state index in [4.69, 9.17) is 0 Å². The van der Waals surface area contributed by atoms with Crippen LogP contribution < -0.4 is 5.32 Å². The molecular weight excluding hydrogens is 234 g/mol. The second-order valence-corrected chi connectivity index (χ2v) is 4.47. The van der Waals surface area contributed by atoms with Crippen molar-refractivity contribution in [3.63, 3.8) is 0 Å². The SMILES string of the molecule is CCCc1nnsc1C(NC)c1cnccn1. The normalized spacial score (nSPS) is 12.6. The highest BCUT2D eigenvalue weighted by Gasteiger charge is 2.20. The zero-order valence-corrected chi connectivity index (χ0v) is 10.7. The van der Waals surface area contributed by atoms with Crippen LogP contribution in [-0.4, -0.2) is 26.6 Å². The maximum absolute atomic E-state index is 4.33. The van der Waals surface area contributed by atoms with Crippen molar-refractivity contribution >= 4 is 11.5 Å². The van der Waals surface area contributed by atoms with E-state index in [-0.39, 0.29) is 6.04 Å². The van der Waals surface area contributed by atoms with Crippen LogP contribution in [0.1, 0.15) is 35.7 Å². The molecule has 0 saturated carbocycles. The smallest absolute Gasteiger partial charge is 0.0893 e. The fourth-order valence-electron chi connectivity index (χ4n) is 1.72. The molecule has 2 rings (SSSR count). The maximum atomic E-state index is 4.33.